The number of benzene rings is 2. The molecule has 2 aromatic rings. The highest BCUT2D eigenvalue weighted by Crippen LogP contribution is 2.29. The highest BCUT2D eigenvalue weighted by atomic mass is 79.9. The lowest BCUT2D eigenvalue weighted by molar-refractivity contribution is 0.294. The summed E-state index contributed by atoms with van der Waals surface area (Å²) in [6.45, 7) is 2.01. The molecular weight excluding hydrogens is 337 g/mol. The van der Waals surface area contributed by atoms with E-state index >= 15 is 0 Å². The number of methoxy groups -OCH3 is 1. The summed E-state index contributed by atoms with van der Waals surface area (Å²) < 4.78 is 25.5. The molecule has 0 aliphatic carbocycles. The van der Waals surface area contributed by atoms with Crippen LogP contribution in [0.3, 0.4) is 0 Å². The van der Waals surface area contributed by atoms with Crippen LogP contribution in [0.25, 0.3) is 0 Å². The maximum Gasteiger partial charge on any atom is 0.133 e. The summed E-state index contributed by atoms with van der Waals surface area (Å²) in [4.78, 5) is 0. The van der Waals surface area contributed by atoms with Crippen molar-refractivity contribution in [3.05, 3.63) is 57.8 Å². The van der Waals surface area contributed by atoms with Crippen LogP contribution in [0.2, 0.25) is 0 Å². The van der Waals surface area contributed by atoms with E-state index in [0.29, 0.717) is 17.1 Å². The Kier molecular flexibility index (Phi) is 5.20. The molecule has 0 spiro atoms. The van der Waals surface area contributed by atoms with Crippen molar-refractivity contribution in [3.8, 4) is 11.5 Å². The average Bonchev–Trinajstić information content (AvgIpc) is 2.45. The van der Waals surface area contributed by atoms with Crippen molar-refractivity contribution in [1.29, 1.82) is 0 Å². The molecular formula is C16H17BrFNO2. The lowest BCUT2D eigenvalue weighted by atomic mass is 10.1. The molecule has 0 aliphatic heterocycles. The van der Waals surface area contributed by atoms with Gasteiger partial charge in [0.15, 0.2) is 0 Å². The number of halogens is 2. The van der Waals surface area contributed by atoms with Gasteiger partial charge in [-0.25, -0.2) is 4.39 Å². The molecule has 5 heteroatoms. The summed E-state index contributed by atoms with van der Waals surface area (Å²) in [5.41, 5.74) is 7.26. The zero-order valence-electron chi connectivity index (χ0n) is 11.9. The zero-order chi connectivity index (χ0) is 15.4. The number of nitrogens with two attached hydrogens (primary N) is 1. The number of ether oxygens (including phenoxy) is 2. The monoisotopic (exact) mass is 353 g/mol. The van der Waals surface area contributed by atoms with Crippen molar-refractivity contribution < 1.29 is 13.9 Å². The van der Waals surface area contributed by atoms with Gasteiger partial charge in [-0.05, 0) is 31.2 Å². The Labute approximate surface area is 132 Å². The summed E-state index contributed by atoms with van der Waals surface area (Å²) in [7, 11) is 1.50. The van der Waals surface area contributed by atoms with Gasteiger partial charge in [0.1, 0.15) is 23.9 Å². The Morgan fingerprint density at radius 2 is 2.00 bits per heavy atom. The van der Waals surface area contributed by atoms with Crippen molar-refractivity contribution in [2.45, 2.75) is 19.6 Å². The Bertz CT molecular complexity index is 632. The van der Waals surface area contributed by atoms with Crippen LogP contribution < -0.4 is 15.2 Å². The van der Waals surface area contributed by atoms with E-state index in [1.165, 1.54) is 13.2 Å². The second-order valence-electron chi connectivity index (χ2n) is 4.72. The fourth-order valence-corrected chi connectivity index (χ4v) is 2.28. The van der Waals surface area contributed by atoms with Gasteiger partial charge in [-0.3, -0.25) is 0 Å². The maximum atomic E-state index is 13.9. The molecule has 1 unspecified atom stereocenters. The third-order valence-corrected chi connectivity index (χ3v) is 3.60. The third kappa shape index (κ3) is 3.95. The number of rotatable bonds is 5. The van der Waals surface area contributed by atoms with Crippen LogP contribution in [-0.4, -0.2) is 7.11 Å². The molecule has 0 bridgehead atoms. The van der Waals surface area contributed by atoms with Gasteiger partial charge in [0.2, 0.25) is 0 Å². The summed E-state index contributed by atoms with van der Waals surface area (Å²) in [6.07, 6.45) is 0. The lowest BCUT2D eigenvalue weighted by Crippen LogP contribution is -2.08. The molecule has 0 aliphatic rings. The Balaban J connectivity index is 2.18. The second kappa shape index (κ2) is 6.91. The van der Waals surface area contributed by atoms with Crippen molar-refractivity contribution in [2.24, 2.45) is 5.73 Å². The summed E-state index contributed by atoms with van der Waals surface area (Å²) in [5.74, 6) is 0.774. The SMILES string of the molecule is COc1ccc(COc2cc(Br)ccc2C(C)N)c(F)c1. The normalized spacial score (nSPS) is 12.0. The first-order valence-electron chi connectivity index (χ1n) is 6.51. The van der Waals surface area contributed by atoms with Gasteiger partial charge in [-0.2, -0.15) is 0 Å². The summed E-state index contributed by atoms with van der Waals surface area (Å²) >= 11 is 3.39. The summed E-state index contributed by atoms with van der Waals surface area (Å²) in [6, 6.07) is 10.2. The lowest BCUT2D eigenvalue weighted by Gasteiger charge is -2.15. The Morgan fingerprint density at radius 1 is 1.24 bits per heavy atom. The molecule has 0 amide bonds. The van der Waals surface area contributed by atoms with E-state index in [4.69, 9.17) is 15.2 Å². The van der Waals surface area contributed by atoms with Gasteiger partial charge >= 0.3 is 0 Å². The van der Waals surface area contributed by atoms with Crippen LogP contribution >= 0.6 is 15.9 Å². The molecule has 112 valence electrons. The first kappa shape index (κ1) is 15.8. The van der Waals surface area contributed by atoms with Crippen LogP contribution in [0.1, 0.15) is 24.1 Å². The predicted octanol–water partition coefficient (Wildman–Crippen LogP) is 4.20. The molecule has 0 saturated carbocycles. The quantitative estimate of drug-likeness (QED) is 0.876. The fraction of sp³-hybridized carbons (Fsp3) is 0.250. The first-order chi connectivity index (χ1) is 10.0. The molecule has 3 nitrogen and oxygen atoms in total. The van der Waals surface area contributed by atoms with Gasteiger partial charge in [0.25, 0.3) is 0 Å². The highest BCUT2D eigenvalue weighted by Gasteiger charge is 2.11. The van der Waals surface area contributed by atoms with Crippen LogP contribution in [-0.2, 0) is 6.61 Å². The van der Waals surface area contributed by atoms with E-state index < -0.39 is 0 Å². The van der Waals surface area contributed by atoms with E-state index in [0.717, 1.165) is 10.0 Å². The zero-order valence-corrected chi connectivity index (χ0v) is 13.5. The first-order valence-corrected chi connectivity index (χ1v) is 7.31. The minimum Gasteiger partial charge on any atom is -0.497 e. The smallest absolute Gasteiger partial charge is 0.133 e. The van der Waals surface area contributed by atoms with Gasteiger partial charge in [0, 0.05) is 27.7 Å². The highest BCUT2D eigenvalue weighted by molar-refractivity contribution is 9.10. The van der Waals surface area contributed by atoms with E-state index in [9.17, 15) is 4.39 Å². The molecule has 0 fully saturated rings. The van der Waals surface area contributed by atoms with Crippen molar-refractivity contribution in [1.82, 2.24) is 0 Å². The standard InChI is InChI=1S/C16H17BrFNO2/c1-10(19)14-6-4-12(17)7-16(14)21-9-11-3-5-13(20-2)8-15(11)18/h3-8,10H,9,19H2,1-2H3. The number of hydrogen-bond acceptors (Lipinski definition) is 3. The fourth-order valence-electron chi connectivity index (χ4n) is 1.94. The van der Waals surface area contributed by atoms with Gasteiger partial charge in [-0.1, -0.05) is 22.0 Å². The third-order valence-electron chi connectivity index (χ3n) is 3.11. The van der Waals surface area contributed by atoms with Crippen LogP contribution in [0.5, 0.6) is 11.5 Å². The van der Waals surface area contributed by atoms with Gasteiger partial charge < -0.3 is 15.2 Å². The molecule has 0 aromatic heterocycles. The molecule has 2 rings (SSSR count). The molecule has 0 saturated heterocycles. The van der Waals surface area contributed by atoms with E-state index in [-0.39, 0.29) is 18.5 Å². The van der Waals surface area contributed by atoms with Crippen LogP contribution in [0.15, 0.2) is 40.9 Å². The molecule has 0 heterocycles. The summed E-state index contributed by atoms with van der Waals surface area (Å²) in [5, 5.41) is 0. The van der Waals surface area contributed by atoms with E-state index in [2.05, 4.69) is 15.9 Å². The van der Waals surface area contributed by atoms with Gasteiger partial charge in [0.05, 0.1) is 7.11 Å². The molecule has 2 N–H and O–H groups in total. The van der Waals surface area contributed by atoms with Crippen molar-refractivity contribution >= 4 is 15.9 Å². The van der Waals surface area contributed by atoms with Gasteiger partial charge in [-0.15, -0.1) is 0 Å². The molecule has 2 aromatic carbocycles. The Hall–Kier alpha value is -1.59. The minimum atomic E-state index is -0.355. The molecule has 21 heavy (non-hydrogen) atoms. The van der Waals surface area contributed by atoms with Crippen molar-refractivity contribution in [3.63, 3.8) is 0 Å². The van der Waals surface area contributed by atoms with E-state index in [1.54, 1.807) is 12.1 Å². The average molecular weight is 354 g/mol. The van der Waals surface area contributed by atoms with Crippen LogP contribution in [0, 0.1) is 5.82 Å². The number of hydrogen-bond donors (Lipinski definition) is 1. The maximum absolute atomic E-state index is 13.9. The predicted molar refractivity (Wildman–Crippen MR) is 84.0 cm³/mol. The molecule has 0 radical (unpaired) electrons. The topological polar surface area (TPSA) is 44.5 Å². The Morgan fingerprint density at radius 3 is 2.62 bits per heavy atom. The minimum absolute atomic E-state index is 0.131. The molecule has 1 atom stereocenters. The largest absolute Gasteiger partial charge is 0.497 e. The van der Waals surface area contributed by atoms with Crippen molar-refractivity contribution in [2.75, 3.05) is 7.11 Å². The second-order valence-corrected chi connectivity index (χ2v) is 5.63. The van der Waals surface area contributed by atoms with E-state index in [1.807, 2.05) is 25.1 Å². The van der Waals surface area contributed by atoms with Crippen LogP contribution in [0.4, 0.5) is 4.39 Å².